The number of aryl methyl sites for hydroxylation is 2. The number of amides is 1. The van der Waals surface area contributed by atoms with Crippen LogP contribution in [0.15, 0.2) is 4.52 Å². The van der Waals surface area contributed by atoms with Crippen LogP contribution in [-0.4, -0.2) is 65.2 Å². The summed E-state index contributed by atoms with van der Waals surface area (Å²) < 4.78 is 34.1. The van der Waals surface area contributed by atoms with E-state index in [1.807, 2.05) is 32.6 Å². The van der Waals surface area contributed by atoms with Gasteiger partial charge in [0.1, 0.15) is 5.76 Å². The zero-order valence-corrected chi connectivity index (χ0v) is 16.8. The lowest BCUT2D eigenvalue weighted by Gasteiger charge is -2.36. The van der Waals surface area contributed by atoms with E-state index in [9.17, 15) is 13.2 Å². The van der Waals surface area contributed by atoms with Crippen LogP contribution in [0.25, 0.3) is 0 Å². The maximum atomic E-state index is 13.0. The van der Waals surface area contributed by atoms with Gasteiger partial charge in [0.25, 0.3) is 10.2 Å². The van der Waals surface area contributed by atoms with Gasteiger partial charge in [-0.15, -0.1) is 0 Å². The molecule has 2 bridgehead atoms. The number of carbonyl (C=O) groups is 1. The van der Waals surface area contributed by atoms with Crippen LogP contribution in [0.1, 0.15) is 43.7 Å². The minimum absolute atomic E-state index is 0.0403. The van der Waals surface area contributed by atoms with E-state index in [2.05, 4.69) is 5.16 Å². The lowest BCUT2D eigenvalue weighted by Crippen LogP contribution is -2.48. The molecule has 0 radical (unpaired) electrons. The monoisotopic (exact) mass is 384 g/mol. The zero-order chi connectivity index (χ0) is 19.1. The van der Waals surface area contributed by atoms with Crippen LogP contribution in [0.4, 0.5) is 0 Å². The first-order valence-corrected chi connectivity index (χ1v) is 10.7. The minimum Gasteiger partial charge on any atom is -0.361 e. The molecule has 0 aromatic carbocycles. The quantitative estimate of drug-likeness (QED) is 0.738. The summed E-state index contributed by atoms with van der Waals surface area (Å²) in [6.45, 7) is 9.29. The summed E-state index contributed by atoms with van der Waals surface area (Å²) in [4.78, 5) is 14.8. The predicted octanol–water partition coefficient (Wildman–Crippen LogP) is 1.30. The molecule has 4 heterocycles. The van der Waals surface area contributed by atoms with Gasteiger partial charge in [0, 0.05) is 37.8 Å². The van der Waals surface area contributed by atoms with Crippen LogP contribution >= 0.6 is 0 Å². The zero-order valence-electron chi connectivity index (χ0n) is 15.9. The largest absolute Gasteiger partial charge is 0.361 e. The minimum atomic E-state index is -3.54. The van der Waals surface area contributed by atoms with Crippen molar-refractivity contribution in [3.05, 3.63) is 17.0 Å². The van der Waals surface area contributed by atoms with E-state index in [1.54, 1.807) is 0 Å². The third kappa shape index (κ3) is 3.27. The van der Waals surface area contributed by atoms with E-state index < -0.39 is 10.2 Å². The van der Waals surface area contributed by atoms with Gasteiger partial charge in [-0.3, -0.25) is 4.79 Å². The Labute approximate surface area is 155 Å². The first kappa shape index (κ1) is 19.3. The lowest BCUT2D eigenvalue weighted by atomic mass is 9.93. The summed E-state index contributed by atoms with van der Waals surface area (Å²) in [6.07, 6.45) is 1.57. The highest BCUT2D eigenvalue weighted by Gasteiger charge is 2.45. The second kappa shape index (κ2) is 7.28. The van der Waals surface area contributed by atoms with Gasteiger partial charge in [-0.1, -0.05) is 19.0 Å². The first-order valence-electron chi connectivity index (χ1n) is 9.27. The van der Waals surface area contributed by atoms with Gasteiger partial charge in [0.2, 0.25) is 5.91 Å². The summed E-state index contributed by atoms with van der Waals surface area (Å²) in [7, 11) is -3.54. The molecule has 3 fully saturated rings. The summed E-state index contributed by atoms with van der Waals surface area (Å²) in [6, 6.07) is -0.111. The Morgan fingerprint density at radius 2 is 1.88 bits per heavy atom. The van der Waals surface area contributed by atoms with Crippen molar-refractivity contribution < 1.29 is 17.7 Å². The fourth-order valence-corrected chi connectivity index (χ4v) is 5.72. The molecule has 1 aromatic heterocycles. The van der Waals surface area contributed by atoms with Gasteiger partial charge >= 0.3 is 0 Å². The van der Waals surface area contributed by atoms with Crippen molar-refractivity contribution in [3.8, 4) is 0 Å². The van der Waals surface area contributed by atoms with Crippen LogP contribution in [-0.2, 0) is 21.5 Å². The molecular weight excluding hydrogens is 356 g/mol. The molecular formula is C17H28N4O4S. The predicted molar refractivity (Wildman–Crippen MR) is 96.5 cm³/mol. The summed E-state index contributed by atoms with van der Waals surface area (Å²) in [5.41, 5.74) is 1.70. The van der Waals surface area contributed by atoms with Crippen molar-refractivity contribution in [3.63, 3.8) is 0 Å². The average molecular weight is 385 g/mol. The second-order valence-corrected chi connectivity index (χ2v) is 9.03. The number of fused-ring (bicyclic) bond motifs is 4. The normalized spacial score (nSPS) is 24.5. The van der Waals surface area contributed by atoms with Crippen molar-refractivity contribution in [2.75, 3.05) is 26.2 Å². The third-order valence-corrected chi connectivity index (χ3v) is 7.75. The fourth-order valence-electron chi connectivity index (χ4n) is 4.01. The molecule has 3 aliphatic rings. The molecule has 9 heteroatoms. The molecule has 26 heavy (non-hydrogen) atoms. The Kier molecular flexibility index (Phi) is 5.41. The molecule has 4 rings (SSSR count). The SMILES string of the molecule is CCN(CC)S(=O)(=O)N1C[C@H]2CC[C@@H](C1)N(Cc1c(C)noc1C)C2=O. The Balaban J connectivity index is 1.86. The molecule has 0 unspecified atom stereocenters. The lowest BCUT2D eigenvalue weighted by molar-refractivity contribution is -0.140. The number of aromatic nitrogens is 1. The second-order valence-electron chi connectivity index (χ2n) is 7.11. The molecule has 0 spiro atoms. The van der Waals surface area contributed by atoms with Gasteiger partial charge < -0.3 is 9.42 Å². The maximum Gasteiger partial charge on any atom is 0.282 e. The molecule has 2 atom stereocenters. The van der Waals surface area contributed by atoms with Crippen LogP contribution in [0.3, 0.4) is 0 Å². The van der Waals surface area contributed by atoms with Gasteiger partial charge in [-0.2, -0.15) is 17.0 Å². The van der Waals surface area contributed by atoms with Crippen LogP contribution in [0.5, 0.6) is 0 Å². The smallest absolute Gasteiger partial charge is 0.282 e. The molecule has 0 saturated carbocycles. The van der Waals surface area contributed by atoms with E-state index in [-0.39, 0.29) is 24.4 Å². The van der Waals surface area contributed by atoms with E-state index in [0.717, 1.165) is 24.1 Å². The van der Waals surface area contributed by atoms with Crippen molar-refractivity contribution in [2.45, 2.75) is 53.1 Å². The van der Waals surface area contributed by atoms with Crippen LogP contribution < -0.4 is 0 Å². The first-order chi connectivity index (χ1) is 12.3. The molecule has 3 aliphatic heterocycles. The molecule has 146 valence electrons. The average Bonchev–Trinajstić information content (AvgIpc) is 2.79. The van der Waals surface area contributed by atoms with Crippen LogP contribution in [0, 0.1) is 19.8 Å². The highest BCUT2D eigenvalue weighted by atomic mass is 32.2. The number of nitrogens with zero attached hydrogens (tertiary/aromatic N) is 4. The Morgan fingerprint density at radius 1 is 1.19 bits per heavy atom. The summed E-state index contributed by atoms with van der Waals surface area (Å²) in [5, 5.41) is 3.97. The number of rotatable bonds is 6. The van der Waals surface area contributed by atoms with Crippen molar-refractivity contribution in [2.24, 2.45) is 5.92 Å². The highest BCUT2D eigenvalue weighted by molar-refractivity contribution is 7.86. The Hall–Kier alpha value is -1.45. The van der Waals surface area contributed by atoms with E-state index in [1.165, 1.54) is 8.61 Å². The van der Waals surface area contributed by atoms with Crippen molar-refractivity contribution >= 4 is 16.1 Å². The summed E-state index contributed by atoms with van der Waals surface area (Å²) >= 11 is 0. The Morgan fingerprint density at radius 3 is 2.46 bits per heavy atom. The van der Waals surface area contributed by atoms with E-state index >= 15 is 0 Å². The third-order valence-electron chi connectivity index (χ3n) is 5.63. The molecule has 1 aromatic rings. The van der Waals surface area contributed by atoms with Crippen molar-refractivity contribution in [1.82, 2.24) is 18.7 Å². The summed E-state index contributed by atoms with van der Waals surface area (Å²) in [5.74, 6) is 0.473. The van der Waals surface area contributed by atoms with E-state index in [0.29, 0.717) is 31.9 Å². The van der Waals surface area contributed by atoms with Gasteiger partial charge in [0.15, 0.2) is 0 Å². The molecule has 8 nitrogen and oxygen atoms in total. The number of piperidine rings is 1. The Bertz CT molecular complexity index is 752. The van der Waals surface area contributed by atoms with Gasteiger partial charge in [0.05, 0.1) is 18.2 Å². The maximum absolute atomic E-state index is 13.0. The number of carbonyl (C=O) groups excluding carboxylic acids is 1. The van der Waals surface area contributed by atoms with Gasteiger partial charge in [-0.05, 0) is 26.7 Å². The van der Waals surface area contributed by atoms with Crippen molar-refractivity contribution in [1.29, 1.82) is 0 Å². The molecule has 1 amide bonds. The molecule has 0 aliphatic carbocycles. The number of hydrogen-bond acceptors (Lipinski definition) is 5. The standard InChI is InChI=1S/C17H28N4O4S/c1-5-19(6-2)26(23,24)20-9-14-7-8-15(10-20)21(17(14)22)11-16-12(3)18-25-13(16)4/h14-15H,5-11H2,1-4H3/t14-,15+/m1/s1. The van der Waals surface area contributed by atoms with E-state index in [4.69, 9.17) is 4.52 Å². The molecule has 0 N–H and O–H groups in total. The fraction of sp³-hybridized carbons (Fsp3) is 0.765. The van der Waals surface area contributed by atoms with Crippen LogP contribution in [0.2, 0.25) is 0 Å². The molecule has 3 saturated heterocycles. The number of hydrogen-bond donors (Lipinski definition) is 0. The van der Waals surface area contributed by atoms with Gasteiger partial charge in [-0.25, -0.2) is 0 Å². The topological polar surface area (TPSA) is 87.0 Å². The highest BCUT2D eigenvalue weighted by Crippen LogP contribution is 2.32.